The predicted octanol–water partition coefficient (Wildman–Crippen LogP) is 13.2. The van der Waals surface area contributed by atoms with E-state index in [1.54, 1.807) is 0 Å². The molecule has 0 aliphatic rings. The largest absolute Gasteiger partial charge is 2.00 e. The second kappa shape index (κ2) is 14.3. The second-order valence-electron chi connectivity index (χ2n) is 16.4. The van der Waals surface area contributed by atoms with Gasteiger partial charge in [0.1, 0.15) is 11.6 Å². The van der Waals surface area contributed by atoms with Gasteiger partial charge < -0.3 is 9.55 Å². The Balaban J connectivity index is 0.00000433. The Morgan fingerprint density at radius 2 is 1.32 bits per heavy atom. The van der Waals surface area contributed by atoms with E-state index in [-0.39, 0.29) is 26.5 Å². The van der Waals surface area contributed by atoms with E-state index >= 15 is 0 Å². The maximum absolute atomic E-state index is 5.59. The second-order valence-corrected chi connectivity index (χ2v) is 16.4. The van der Waals surface area contributed by atoms with Crippen LogP contribution < -0.4 is 4.98 Å². The van der Waals surface area contributed by atoms with Crippen molar-refractivity contribution in [2.24, 2.45) is 0 Å². The molecule has 6 heteroatoms. The number of benzene rings is 7. The van der Waals surface area contributed by atoms with E-state index in [4.69, 9.17) is 15.0 Å². The van der Waals surface area contributed by atoms with Crippen LogP contribution in [-0.2, 0) is 26.5 Å². The van der Waals surface area contributed by atoms with Crippen molar-refractivity contribution in [3.8, 4) is 34.0 Å². The number of para-hydroxylation sites is 3. The van der Waals surface area contributed by atoms with Crippen molar-refractivity contribution in [1.29, 1.82) is 0 Å². The smallest absolute Gasteiger partial charge is 0.656 e. The Morgan fingerprint density at radius 1 is 0.583 bits per heavy atom. The molecule has 4 heterocycles. The summed E-state index contributed by atoms with van der Waals surface area (Å²) in [6.07, 6.45) is 1.86. The summed E-state index contributed by atoms with van der Waals surface area (Å²) in [4.78, 5) is 15.6. The third-order valence-corrected chi connectivity index (χ3v) is 12.6. The average molecular weight is 955 g/mol. The molecule has 0 bridgehead atoms. The van der Waals surface area contributed by atoms with Gasteiger partial charge in [-0.15, -0.1) is 34.8 Å². The topological polar surface area (TPSA) is 49.7 Å². The van der Waals surface area contributed by atoms with Crippen molar-refractivity contribution in [2.75, 3.05) is 0 Å². The third kappa shape index (κ3) is 5.78. The van der Waals surface area contributed by atoms with Crippen LogP contribution >= 0.6 is 0 Å². The standard InChI is InChI=1S/C54H41N5.Pt/c1-33-29-39(30-34(2)35(33)3)58-48-22-14-18-40(52(48)57-53(58)44-20-13-19-43-41-17-9-10-21-46(41)56-51(43)44)36-24-26-42-45-32-38(54(4,5)37-15-7-6-8-16-37)25-27-47(45)59(49(42)31-36)50-23-11-12-28-55-50;/h6-30,32H,1-5H3;/q-2;+2. The molecule has 0 amide bonds. The molecule has 5 nitrogen and oxygen atoms in total. The number of pyridine rings is 1. The summed E-state index contributed by atoms with van der Waals surface area (Å²) < 4.78 is 4.58. The van der Waals surface area contributed by atoms with Gasteiger partial charge in [-0.2, -0.15) is 0 Å². The summed E-state index contributed by atoms with van der Waals surface area (Å²) in [5.74, 6) is 1.72. The number of hydrogen-bond acceptors (Lipinski definition) is 2. The molecule has 292 valence electrons. The van der Waals surface area contributed by atoms with Gasteiger partial charge in [-0.1, -0.05) is 128 Å². The van der Waals surface area contributed by atoms with Crippen molar-refractivity contribution in [3.63, 3.8) is 0 Å². The number of aryl methyl sites for hydroxylation is 2. The zero-order chi connectivity index (χ0) is 40.0. The zero-order valence-electron chi connectivity index (χ0n) is 34.1. The molecule has 0 fully saturated rings. The molecule has 7 aromatic carbocycles. The van der Waals surface area contributed by atoms with Crippen molar-refractivity contribution >= 4 is 54.6 Å². The van der Waals surface area contributed by atoms with Crippen LogP contribution in [0.4, 0.5) is 0 Å². The minimum atomic E-state index is -0.186. The van der Waals surface area contributed by atoms with Crippen molar-refractivity contribution in [2.45, 2.75) is 40.0 Å². The molecule has 0 aliphatic carbocycles. The van der Waals surface area contributed by atoms with Gasteiger partial charge in [0, 0.05) is 28.4 Å². The van der Waals surface area contributed by atoms with Crippen LogP contribution in [0, 0.1) is 26.8 Å². The monoisotopic (exact) mass is 954 g/mol. The predicted molar refractivity (Wildman–Crippen MR) is 244 cm³/mol. The van der Waals surface area contributed by atoms with Gasteiger partial charge in [-0.25, -0.2) is 9.97 Å². The summed E-state index contributed by atoms with van der Waals surface area (Å²) >= 11 is 0. The Labute approximate surface area is 363 Å². The fraction of sp³-hybridized carbons (Fsp3) is 0.111. The zero-order valence-corrected chi connectivity index (χ0v) is 36.3. The van der Waals surface area contributed by atoms with Gasteiger partial charge in [-0.05, 0) is 107 Å². The van der Waals surface area contributed by atoms with E-state index in [9.17, 15) is 0 Å². The molecule has 11 rings (SSSR count). The number of hydrogen-bond donors (Lipinski definition) is 0. The third-order valence-electron chi connectivity index (χ3n) is 12.6. The number of rotatable bonds is 6. The number of aromatic nitrogens is 5. The number of imidazole rings is 1. The molecule has 0 saturated heterocycles. The fourth-order valence-corrected chi connectivity index (χ4v) is 9.12. The van der Waals surface area contributed by atoms with E-state index < -0.39 is 0 Å². The Kier molecular flexibility index (Phi) is 9.00. The van der Waals surface area contributed by atoms with Crippen LogP contribution in [-0.4, -0.2) is 19.1 Å². The molecule has 0 saturated carbocycles. The van der Waals surface area contributed by atoms with Crippen molar-refractivity contribution < 1.29 is 21.1 Å². The average Bonchev–Trinajstić information content (AvgIpc) is 3.95. The normalized spacial score (nSPS) is 11.9. The van der Waals surface area contributed by atoms with Crippen molar-refractivity contribution in [3.05, 3.63) is 192 Å². The van der Waals surface area contributed by atoms with Crippen LogP contribution in [0.15, 0.2) is 158 Å². The van der Waals surface area contributed by atoms with Gasteiger partial charge in [0.15, 0.2) is 0 Å². The first-order chi connectivity index (χ1) is 28.8. The van der Waals surface area contributed by atoms with Crippen LogP contribution in [0.25, 0.3) is 88.7 Å². The fourth-order valence-electron chi connectivity index (χ4n) is 9.12. The van der Waals surface area contributed by atoms with Crippen LogP contribution in [0.5, 0.6) is 0 Å². The van der Waals surface area contributed by atoms with Gasteiger partial charge in [0.25, 0.3) is 0 Å². The quantitative estimate of drug-likeness (QED) is 0.156. The molecule has 0 spiro atoms. The van der Waals surface area contributed by atoms with Crippen LogP contribution in [0.3, 0.4) is 0 Å². The molecule has 60 heavy (non-hydrogen) atoms. The van der Waals surface area contributed by atoms with Gasteiger partial charge in [0.05, 0.1) is 11.0 Å². The maximum atomic E-state index is 5.59. The molecule has 0 N–H and O–H groups in total. The van der Waals surface area contributed by atoms with E-state index in [2.05, 4.69) is 189 Å². The Hall–Kier alpha value is -6.55. The number of fused-ring (bicyclic) bond motifs is 7. The van der Waals surface area contributed by atoms with E-state index in [0.717, 1.165) is 83.3 Å². The molecular formula is C54H41N5Pt. The molecule has 0 atom stereocenters. The maximum Gasteiger partial charge on any atom is 2.00 e. The minimum Gasteiger partial charge on any atom is -0.656 e. The van der Waals surface area contributed by atoms with Gasteiger partial charge in [-0.3, -0.25) is 4.57 Å². The molecule has 4 aromatic heterocycles. The molecular weight excluding hydrogens is 914 g/mol. The first-order valence-electron chi connectivity index (χ1n) is 20.3. The van der Waals surface area contributed by atoms with Crippen LogP contribution in [0.2, 0.25) is 0 Å². The molecule has 0 aliphatic heterocycles. The van der Waals surface area contributed by atoms with Crippen molar-refractivity contribution in [1.82, 2.24) is 24.1 Å². The summed E-state index contributed by atoms with van der Waals surface area (Å²) in [7, 11) is 0. The molecule has 11 aromatic rings. The van der Waals surface area contributed by atoms with E-state index in [1.165, 1.54) is 33.2 Å². The van der Waals surface area contributed by atoms with E-state index in [1.807, 2.05) is 18.3 Å². The summed E-state index contributed by atoms with van der Waals surface area (Å²) in [6, 6.07) is 58.0. The van der Waals surface area contributed by atoms with E-state index in [0.29, 0.717) is 0 Å². The first-order valence-corrected chi connectivity index (χ1v) is 20.3. The SMILES string of the molecule is Cc1cc(-n2c(-c3cccc4c3[n-]c3ccccc34)nc3c(-c4[c-]c5c(cc4)c4cc(C(C)(C)c6ccccc6)ccc4n5-c4ccccn4)cccc32)cc(C)c1C.[Pt+2]. The van der Waals surface area contributed by atoms with Gasteiger partial charge >= 0.3 is 21.1 Å². The van der Waals surface area contributed by atoms with Crippen LogP contribution in [0.1, 0.15) is 41.7 Å². The summed E-state index contributed by atoms with van der Waals surface area (Å²) in [6.45, 7) is 11.2. The first kappa shape index (κ1) is 37.7. The summed E-state index contributed by atoms with van der Waals surface area (Å²) in [5.41, 5.74) is 16.2. The Bertz CT molecular complexity index is 3420. The number of nitrogens with zero attached hydrogens (tertiary/aromatic N) is 5. The molecule has 0 radical (unpaired) electrons. The van der Waals surface area contributed by atoms with Gasteiger partial charge in [0.2, 0.25) is 0 Å². The minimum absolute atomic E-state index is 0. The summed E-state index contributed by atoms with van der Waals surface area (Å²) in [5, 5.41) is 4.58. The molecule has 0 unspecified atom stereocenters. The Morgan fingerprint density at radius 3 is 2.12 bits per heavy atom.